The van der Waals surface area contributed by atoms with Crippen molar-refractivity contribution in [2.45, 2.75) is 20.3 Å². The van der Waals surface area contributed by atoms with Crippen LogP contribution in [-0.2, 0) is 6.42 Å². The highest BCUT2D eigenvalue weighted by Crippen LogP contribution is 2.34. The van der Waals surface area contributed by atoms with E-state index in [0.717, 1.165) is 6.42 Å². The van der Waals surface area contributed by atoms with Gasteiger partial charge in [-0.25, -0.2) is 0 Å². The average molecular weight is 150 g/mol. The lowest BCUT2D eigenvalue weighted by atomic mass is 10.2. The third-order valence-corrected chi connectivity index (χ3v) is 3.35. The number of thiophene rings is 1. The summed E-state index contributed by atoms with van der Waals surface area (Å²) in [4.78, 5) is 1.51. The zero-order chi connectivity index (χ0) is 7.14. The van der Waals surface area contributed by atoms with Crippen molar-refractivity contribution in [3.63, 3.8) is 0 Å². The molecule has 0 atom stereocenters. The monoisotopic (exact) mass is 150 g/mol. The van der Waals surface area contributed by atoms with Crippen LogP contribution >= 0.6 is 11.3 Å². The molecule has 0 saturated carbocycles. The Bertz CT molecular complexity index is 292. The molecule has 0 unspecified atom stereocenters. The Morgan fingerprint density at radius 2 is 2.20 bits per heavy atom. The zero-order valence-electron chi connectivity index (χ0n) is 6.27. The fourth-order valence-electron chi connectivity index (χ4n) is 1.40. The van der Waals surface area contributed by atoms with Crippen molar-refractivity contribution in [2.24, 2.45) is 0 Å². The van der Waals surface area contributed by atoms with Crippen molar-refractivity contribution in [3.05, 3.63) is 27.5 Å². The Balaban J connectivity index is 2.62. The van der Waals surface area contributed by atoms with Crippen LogP contribution in [0.5, 0.6) is 0 Å². The second kappa shape index (κ2) is 1.96. The topological polar surface area (TPSA) is 0 Å². The van der Waals surface area contributed by atoms with Crippen molar-refractivity contribution in [3.8, 4) is 0 Å². The van der Waals surface area contributed by atoms with E-state index in [4.69, 9.17) is 0 Å². The summed E-state index contributed by atoms with van der Waals surface area (Å²) in [5.74, 6) is 0. The first-order valence-electron chi connectivity index (χ1n) is 3.53. The largest absolute Gasteiger partial charge is 0.144 e. The molecule has 1 heterocycles. The Kier molecular flexibility index (Phi) is 1.21. The van der Waals surface area contributed by atoms with Gasteiger partial charge in [-0.3, -0.25) is 0 Å². The van der Waals surface area contributed by atoms with Crippen LogP contribution in [0.25, 0.3) is 5.57 Å². The van der Waals surface area contributed by atoms with Gasteiger partial charge in [0, 0.05) is 4.88 Å². The van der Waals surface area contributed by atoms with Gasteiger partial charge < -0.3 is 0 Å². The van der Waals surface area contributed by atoms with E-state index in [1.54, 1.807) is 5.56 Å². The number of aryl methyl sites for hydroxylation is 1. The van der Waals surface area contributed by atoms with Crippen molar-refractivity contribution >= 4 is 16.9 Å². The number of fused-ring (bicyclic) bond motifs is 1. The first kappa shape index (κ1) is 6.17. The Morgan fingerprint density at radius 1 is 1.40 bits per heavy atom. The predicted molar refractivity (Wildman–Crippen MR) is 46.4 cm³/mol. The molecule has 0 N–H and O–H groups in total. The predicted octanol–water partition coefficient (Wildman–Crippen LogP) is 3.02. The zero-order valence-corrected chi connectivity index (χ0v) is 7.09. The van der Waals surface area contributed by atoms with Crippen molar-refractivity contribution in [1.82, 2.24) is 0 Å². The van der Waals surface area contributed by atoms with Gasteiger partial charge in [-0.05, 0) is 42.3 Å². The van der Waals surface area contributed by atoms with E-state index in [0.29, 0.717) is 0 Å². The summed E-state index contributed by atoms with van der Waals surface area (Å²) >= 11 is 1.88. The van der Waals surface area contributed by atoms with Crippen molar-refractivity contribution < 1.29 is 0 Å². The molecule has 1 aromatic heterocycles. The molecule has 1 aliphatic carbocycles. The fourth-order valence-corrected chi connectivity index (χ4v) is 2.49. The van der Waals surface area contributed by atoms with Gasteiger partial charge in [0.05, 0.1) is 0 Å². The Morgan fingerprint density at radius 3 is 2.90 bits per heavy atom. The molecular weight excluding hydrogens is 140 g/mol. The van der Waals surface area contributed by atoms with Crippen LogP contribution in [0.3, 0.4) is 0 Å². The van der Waals surface area contributed by atoms with Gasteiger partial charge >= 0.3 is 0 Å². The minimum absolute atomic E-state index is 1.16. The number of allylic oxidation sites excluding steroid dienone is 2. The van der Waals surface area contributed by atoms with Crippen LogP contribution < -0.4 is 0 Å². The van der Waals surface area contributed by atoms with Gasteiger partial charge in [0.25, 0.3) is 0 Å². The van der Waals surface area contributed by atoms with Gasteiger partial charge in [-0.2, -0.15) is 0 Å². The minimum Gasteiger partial charge on any atom is -0.144 e. The first-order chi connectivity index (χ1) is 4.79. The van der Waals surface area contributed by atoms with Gasteiger partial charge in [0.15, 0.2) is 0 Å². The molecule has 52 valence electrons. The van der Waals surface area contributed by atoms with Crippen LogP contribution in [0.15, 0.2) is 11.5 Å². The molecule has 0 bridgehead atoms. The molecule has 0 spiro atoms. The van der Waals surface area contributed by atoms with Crippen molar-refractivity contribution in [1.29, 1.82) is 0 Å². The van der Waals surface area contributed by atoms with Crippen molar-refractivity contribution in [2.75, 3.05) is 0 Å². The van der Waals surface area contributed by atoms with E-state index >= 15 is 0 Å². The summed E-state index contributed by atoms with van der Waals surface area (Å²) in [5.41, 5.74) is 4.49. The number of hydrogen-bond donors (Lipinski definition) is 0. The van der Waals surface area contributed by atoms with Gasteiger partial charge in [0.2, 0.25) is 0 Å². The quantitative estimate of drug-likeness (QED) is 0.533. The molecule has 0 aromatic carbocycles. The van der Waals surface area contributed by atoms with E-state index in [1.165, 1.54) is 16.0 Å². The van der Waals surface area contributed by atoms with Gasteiger partial charge in [0.1, 0.15) is 0 Å². The summed E-state index contributed by atoms with van der Waals surface area (Å²) in [7, 11) is 0. The van der Waals surface area contributed by atoms with E-state index in [2.05, 4.69) is 25.3 Å². The standard InChI is InChI=1S/C9H10S/c1-6-3-4-8-7(2)5-10-9(6)8/h3,5H,4H2,1-2H3. The molecule has 1 aromatic rings. The maximum Gasteiger partial charge on any atom is 0.0334 e. The van der Waals surface area contributed by atoms with Crippen LogP contribution in [0.4, 0.5) is 0 Å². The Labute approximate surface area is 65.2 Å². The normalized spacial score (nSPS) is 15.2. The molecule has 0 aliphatic heterocycles. The maximum absolute atomic E-state index is 2.31. The lowest BCUT2D eigenvalue weighted by molar-refractivity contribution is 1.28. The molecule has 2 rings (SSSR count). The third-order valence-electron chi connectivity index (χ3n) is 2.07. The molecule has 0 saturated heterocycles. The Hall–Kier alpha value is -0.560. The van der Waals surface area contributed by atoms with E-state index in [1.807, 2.05) is 11.3 Å². The fraction of sp³-hybridized carbons (Fsp3) is 0.333. The second-order valence-electron chi connectivity index (χ2n) is 2.82. The smallest absolute Gasteiger partial charge is 0.0334 e. The van der Waals surface area contributed by atoms with Gasteiger partial charge in [-0.15, -0.1) is 11.3 Å². The van der Waals surface area contributed by atoms with E-state index in [9.17, 15) is 0 Å². The SMILES string of the molecule is CC1=CCc2c(C)csc21. The van der Waals surface area contributed by atoms with Crippen LogP contribution in [0.1, 0.15) is 22.9 Å². The third kappa shape index (κ3) is 0.671. The number of rotatable bonds is 0. The maximum atomic E-state index is 2.31. The lowest BCUT2D eigenvalue weighted by Crippen LogP contribution is -1.76. The molecule has 0 nitrogen and oxygen atoms in total. The van der Waals surface area contributed by atoms with Crippen LogP contribution in [0.2, 0.25) is 0 Å². The summed E-state index contributed by atoms with van der Waals surface area (Å²) < 4.78 is 0. The van der Waals surface area contributed by atoms with Crippen LogP contribution in [-0.4, -0.2) is 0 Å². The lowest BCUT2D eigenvalue weighted by Gasteiger charge is -1.90. The van der Waals surface area contributed by atoms with Gasteiger partial charge in [-0.1, -0.05) is 6.08 Å². The molecular formula is C9H10S. The summed E-state index contributed by atoms with van der Waals surface area (Å²) in [5, 5.41) is 2.25. The highest BCUT2D eigenvalue weighted by Gasteiger charge is 2.13. The molecule has 10 heavy (non-hydrogen) atoms. The second-order valence-corrected chi connectivity index (χ2v) is 3.70. The molecule has 1 heteroatoms. The number of hydrogen-bond acceptors (Lipinski definition) is 1. The first-order valence-corrected chi connectivity index (χ1v) is 4.41. The van der Waals surface area contributed by atoms with E-state index < -0.39 is 0 Å². The molecule has 0 radical (unpaired) electrons. The molecule has 0 fully saturated rings. The average Bonchev–Trinajstić information content (AvgIpc) is 2.41. The van der Waals surface area contributed by atoms with Crippen LogP contribution in [0, 0.1) is 6.92 Å². The minimum atomic E-state index is 1.16. The molecule has 0 amide bonds. The summed E-state index contributed by atoms with van der Waals surface area (Å²) in [6, 6.07) is 0. The summed E-state index contributed by atoms with van der Waals surface area (Å²) in [6.07, 6.45) is 3.48. The van der Waals surface area contributed by atoms with E-state index in [-0.39, 0.29) is 0 Å². The highest BCUT2D eigenvalue weighted by molar-refractivity contribution is 7.11. The summed E-state index contributed by atoms with van der Waals surface area (Å²) in [6.45, 7) is 4.39. The molecule has 1 aliphatic rings. The highest BCUT2D eigenvalue weighted by atomic mass is 32.1.